The molecule has 16 heavy (non-hydrogen) atoms. The average Bonchev–Trinajstić information content (AvgIpc) is 2.18. The minimum absolute atomic E-state index is 0.269. The maximum atomic E-state index is 10.6. The third-order valence-corrected chi connectivity index (χ3v) is 1.91. The first kappa shape index (κ1) is 14.5. The summed E-state index contributed by atoms with van der Waals surface area (Å²) in [4.78, 5) is 21.1. The zero-order valence-electron chi connectivity index (χ0n) is 8.46. The van der Waals surface area contributed by atoms with Crippen LogP contribution < -0.4 is 5.73 Å². The molecule has 0 aromatic heterocycles. The van der Waals surface area contributed by atoms with Crippen molar-refractivity contribution in [1.29, 1.82) is 0 Å². The number of hydrogen-bond acceptors (Lipinski definition) is 2. The van der Waals surface area contributed by atoms with E-state index < -0.39 is 12.1 Å². The number of carbonyl (C=O) groups is 2. The molecule has 0 aliphatic carbocycles. The highest BCUT2D eigenvalue weighted by molar-refractivity contribution is 5.73. The molecule has 1 aliphatic rings. The van der Waals surface area contributed by atoms with Gasteiger partial charge in [-0.05, 0) is 19.3 Å². The van der Waals surface area contributed by atoms with Crippen LogP contribution in [0.5, 0.6) is 0 Å². The Hall–Kier alpha value is -1.47. The lowest BCUT2D eigenvalue weighted by Crippen LogP contribution is -2.39. The molecule has 5 nitrogen and oxygen atoms in total. The summed E-state index contributed by atoms with van der Waals surface area (Å²) < 4.78 is 31.7. The Balaban J connectivity index is 0.000000293. The molecule has 0 bridgehead atoms. The summed E-state index contributed by atoms with van der Waals surface area (Å²) in [6, 6.07) is -0.269. The summed E-state index contributed by atoms with van der Waals surface area (Å²) in [5, 5.41) is 7.12. The fraction of sp³-hybridized carbons (Fsp3) is 0.750. The van der Waals surface area contributed by atoms with Crippen LogP contribution in [0.3, 0.4) is 0 Å². The number of aliphatic carboxylic acids is 1. The number of likely N-dealkylation sites (tertiary alicyclic amines) is 1. The first-order valence-electron chi connectivity index (χ1n) is 4.59. The second-order valence-electron chi connectivity index (χ2n) is 3.19. The summed E-state index contributed by atoms with van der Waals surface area (Å²) >= 11 is 0. The molecule has 3 N–H and O–H groups in total. The van der Waals surface area contributed by atoms with Crippen molar-refractivity contribution in [2.75, 3.05) is 13.1 Å². The number of nitrogens with two attached hydrogens (primary N) is 1. The van der Waals surface area contributed by atoms with Gasteiger partial charge in [0.2, 0.25) is 0 Å². The highest BCUT2D eigenvalue weighted by Gasteiger charge is 2.38. The van der Waals surface area contributed by atoms with Crippen molar-refractivity contribution in [3.05, 3.63) is 0 Å². The van der Waals surface area contributed by atoms with Crippen molar-refractivity contribution >= 4 is 12.0 Å². The molecule has 1 fully saturated rings. The van der Waals surface area contributed by atoms with Crippen molar-refractivity contribution in [1.82, 2.24) is 4.90 Å². The summed E-state index contributed by atoms with van der Waals surface area (Å²) in [5.41, 5.74) is 5.05. The van der Waals surface area contributed by atoms with E-state index in [0.29, 0.717) is 0 Å². The molecular formula is C8H13F3N2O3. The lowest BCUT2D eigenvalue weighted by atomic mass is 10.1. The molecule has 0 aromatic rings. The molecule has 0 saturated carbocycles. The lowest BCUT2D eigenvalue weighted by molar-refractivity contribution is -0.192. The third kappa shape index (κ3) is 6.10. The Morgan fingerprint density at radius 3 is 1.69 bits per heavy atom. The second kappa shape index (κ2) is 6.19. The topological polar surface area (TPSA) is 83.6 Å². The zero-order chi connectivity index (χ0) is 12.8. The van der Waals surface area contributed by atoms with E-state index in [9.17, 15) is 18.0 Å². The van der Waals surface area contributed by atoms with Crippen molar-refractivity contribution in [3.8, 4) is 0 Å². The maximum Gasteiger partial charge on any atom is 0.490 e. The number of alkyl halides is 3. The quantitative estimate of drug-likeness (QED) is 0.669. The predicted molar refractivity (Wildman–Crippen MR) is 48.7 cm³/mol. The Morgan fingerprint density at radius 2 is 1.50 bits per heavy atom. The molecule has 8 heteroatoms. The Kier molecular flexibility index (Phi) is 5.62. The number of primary amides is 1. The van der Waals surface area contributed by atoms with Crippen LogP contribution in [0.25, 0.3) is 0 Å². The number of piperidine rings is 1. The van der Waals surface area contributed by atoms with Crippen LogP contribution >= 0.6 is 0 Å². The predicted octanol–water partition coefficient (Wildman–Crippen LogP) is 1.18. The SMILES string of the molecule is NC(=O)N1CCCCC1.O=C(O)C(F)(F)F. The molecular weight excluding hydrogens is 229 g/mol. The van der Waals surface area contributed by atoms with E-state index in [2.05, 4.69) is 0 Å². The van der Waals surface area contributed by atoms with Gasteiger partial charge in [-0.25, -0.2) is 9.59 Å². The van der Waals surface area contributed by atoms with Gasteiger partial charge >= 0.3 is 18.2 Å². The van der Waals surface area contributed by atoms with Gasteiger partial charge in [0.1, 0.15) is 0 Å². The van der Waals surface area contributed by atoms with Gasteiger partial charge < -0.3 is 15.7 Å². The number of rotatable bonds is 0. The van der Waals surface area contributed by atoms with Gasteiger partial charge in [-0.1, -0.05) is 0 Å². The molecule has 2 amide bonds. The smallest absolute Gasteiger partial charge is 0.475 e. The molecule has 0 aromatic carbocycles. The van der Waals surface area contributed by atoms with Crippen LogP contribution in [0.2, 0.25) is 0 Å². The van der Waals surface area contributed by atoms with Crippen molar-refractivity contribution in [2.24, 2.45) is 5.73 Å². The molecule has 0 spiro atoms. The number of hydrogen-bond donors (Lipinski definition) is 2. The van der Waals surface area contributed by atoms with E-state index in [4.69, 9.17) is 15.6 Å². The van der Waals surface area contributed by atoms with Crippen LogP contribution in [-0.4, -0.2) is 41.3 Å². The Labute approximate surface area is 90.0 Å². The largest absolute Gasteiger partial charge is 0.490 e. The number of amides is 2. The number of urea groups is 1. The fourth-order valence-corrected chi connectivity index (χ4v) is 1.11. The molecule has 0 unspecified atom stereocenters. The van der Waals surface area contributed by atoms with Crippen LogP contribution in [0.1, 0.15) is 19.3 Å². The summed E-state index contributed by atoms with van der Waals surface area (Å²) in [7, 11) is 0. The fourth-order valence-electron chi connectivity index (χ4n) is 1.11. The normalized spacial score (nSPS) is 16.1. The van der Waals surface area contributed by atoms with E-state index in [0.717, 1.165) is 25.9 Å². The third-order valence-electron chi connectivity index (χ3n) is 1.91. The van der Waals surface area contributed by atoms with E-state index in [-0.39, 0.29) is 6.03 Å². The second-order valence-corrected chi connectivity index (χ2v) is 3.19. The van der Waals surface area contributed by atoms with Crippen LogP contribution in [0.15, 0.2) is 0 Å². The van der Waals surface area contributed by atoms with Crippen LogP contribution in [0.4, 0.5) is 18.0 Å². The highest BCUT2D eigenvalue weighted by Crippen LogP contribution is 2.13. The first-order chi connectivity index (χ1) is 7.25. The summed E-state index contributed by atoms with van der Waals surface area (Å²) in [6.07, 6.45) is -1.62. The molecule has 0 radical (unpaired) electrons. The molecule has 94 valence electrons. The average molecular weight is 242 g/mol. The highest BCUT2D eigenvalue weighted by atomic mass is 19.4. The lowest BCUT2D eigenvalue weighted by Gasteiger charge is -2.24. The standard InChI is InChI=1S/C6H12N2O.C2HF3O2/c7-6(9)8-4-2-1-3-5-8;3-2(4,5)1(6)7/h1-5H2,(H2,7,9);(H,6,7). The van der Waals surface area contributed by atoms with Gasteiger partial charge in [0.15, 0.2) is 0 Å². The molecule has 1 heterocycles. The van der Waals surface area contributed by atoms with Gasteiger partial charge in [-0.2, -0.15) is 13.2 Å². The number of carbonyl (C=O) groups excluding carboxylic acids is 1. The Morgan fingerprint density at radius 1 is 1.12 bits per heavy atom. The van der Waals surface area contributed by atoms with E-state index in [1.54, 1.807) is 4.90 Å². The minimum atomic E-state index is -5.08. The van der Waals surface area contributed by atoms with Crippen molar-refractivity contribution < 1.29 is 27.9 Å². The van der Waals surface area contributed by atoms with Gasteiger partial charge in [-0.15, -0.1) is 0 Å². The maximum absolute atomic E-state index is 10.6. The molecule has 0 atom stereocenters. The van der Waals surface area contributed by atoms with Gasteiger partial charge in [0.25, 0.3) is 0 Å². The van der Waals surface area contributed by atoms with E-state index in [1.165, 1.54) is 6.42 Å². The zero-order valence-corrected chi connectivity index (χ0v) is 8.46. The van der Waals surface area contributed by atoms with Gasteiger partial charge in [-0.3, -0.25) is 0 Å². The van der Waals surface area contributed by atoms with Crippen LogP contribution in [0, 0.1) is 0 Å². The number of carboxylic acid groups (broad SMARTS) is 1. The molecule has 1 rings (SSSR count). The van der Waals surface area contributed by atoms with Crippen molar-refractivity contribution in [3.63, 3.8) is 0 Å². The van der Waals surface area contributed by atoms with E-state index in [1.807, 2.05) is 0 Å². The Bertz CT molecular complexity index is 249. The molecule has 1 saturated heterocycles. The van der Waals surface area contributed by atoms with E-state index >= 15 is 0 Å². The van der Waals surface area contributed by atoms with Gasteiger partial charge in [0.05, 0.1) is 0 Å². The van der Waals surface area contributed by atoms with Crippen LogP contribution in [-0.2, 0) is 4.79 Å². The number of carboxylic acids is 1. The minimum Gasteiger partial charge on any atom is -0.475 e. The first-order valence-corrected chi connectivity index (χ1v) is 4.59. The van der Waals surface area contributed by atoms with Gasteiger partial charge in [0, 0.05) is 13.1 Å². The molecule has 1 aliphatic heterocycles. The summed E-state index contributed by atoms with van der Waals surface area (Å²) in [5.74, 6) is -2.76. The number of halogens is 3. The monoisotopic (exact) mass is 242 g/mol. The van der Waals surface area contributed by atoms with Crippen molar-refractivity contribution in [2.45, 2.75) is 25.4 Å². The number of nitrogens with zero attached hydrogens (tertiary/aromatic N) is 1. The summed E-state index contributed by atoms with van der Waals surface area (Å²) in [6.45, 7) is 1.71.